The highest BCUT2D eigenvalue weighted by atomic mass is 79.9. The van der Waals surface area contributed by atoms with E-state index in [0.717, 1.165) is 69.0 Å². The molecule has 0 saturated heterocycles. The number of benzene rings is 1. The third-order valence-electron chi connectivity index (χ3n) is 5.98. The molecule has 4 rings (SSSR count). The van der Waals surface area contributed by atoms with Crippen molar-refractivity contribution in [2.75, 3.05) is 30.5 Å². The van der Waals surface area contributed by atoms with Crippen LogP contribution >= 0.6 is 50.4 Å². The summed E-state index contributed by atoms with van der Waals surface area (Å²) in [5, 5.41) is 3.36. The molecule has 0 fully saturated rings. The summed E-state index contributed by atoms with van der Waals surface area (Å²) in [5.74, 6) is -1.59. The van der Waals surface area contributed by atoms with Crippen molar-refractivity contribution < 1.29 is 28.7 Å². The SMILES string of the molecule is CCOC(=O)Cn1c(=NC(=O)CSCC(=O)Nc2sc3c(c2C(=O)OC)CCCCC3)sc2cc(Br)ccc21. The molecule has 0 bridgehead atoms. The normalized spacial score (nSPS) is 13.6. The number of methoxy groups -OCH3 is 1. The number of ether oxygens (including phenoxy) is 2. The van der Waals surface area contributed by atoms with Gasteiger partial charge >= 0.3 is 11.9 Å². The number of halogens is 1. The Balaban J connectivity index is 1.43. The van der Waals surface area contributed by atoms with E-state index in [9.17, 15) is 19.2 Å². The molecule has 208 valence electrons. The van der Waals surface area contributed by atoms with Crippen LogP contribution in [-0.4, -0.2) is 53.5 Å². The number of fused-ring (bicyclic) bond motifs is 2. The lowest BCUT2D eigenvalue weighted by molar-refractivity contribution is -0.143. The van der Waals surface area contributed by atoms with Gasteiger partial charge in [0.2, 0.25) is 5.91 Å². The molecule has 0 spiro atoms. The highest BCUT2D eigenvalue weighted by Gasteiger charge is 2.26. The molecule has 1 aliphatic rings. The lowest BCUT2D eigenvalue weighted by Gasteiger charge is -2.07. The molecular formula is C26H28BrN3O6S3. The number of carbonyl (C=O) groups is 4. The third kappa shape index (κ3) is 7.38. The highest BCUT2D eigenvalue weighted by Crippen LogP contribution is 2.38. The van der Waals surface area contributed by atoms with Gasteiger partial charge in [-0.3, -0.25) is 14.4 Å². The summed E-state index contributed by atoms with van der Waals surface area (Å²) in [5.41, 5.74) is 2.20. The molecule has 9 nitrogen and oxygen atoms in total. The molecule has 3 aromatic rings. The Kier molecular flexibility index (Phi) is 10.4. The van der Waals surface area contributed by atoms with Crippen LogP contribution in [0.1, 0.15) is 47.0 Å². The number of carbonyl (C=O) groups excluding carboxylic acids is 4. The van der Waals surface area contributed by atoms with E-state index in [2.05, 4.69) is 26.2 Å². The highest BCUT2D eigenvalue weighted by molar-refractivity contribution is 9.10. The molecule has 0 atom stereocenters. The molecule has 0 aliphatic heterocycles. The number of aryl methyl sites for hydroxylation is 1. The Morgan fingerprint density at radius 1 is 1.13 bits per heavy atom. The zero-order valence-electron chi connectivity index (χ0n) is 21.5. The number of thiazole rings is 1. The van der Waals surface area contributed by atoms with Gasteiger partial charge < -0.3 is 19.4 Å². The predicted molar refractivity (Wildman–Crippen MR) is 158 cm³/mol. The molecule has 1 aliphatic carbocycles. The van der Waals surface area contributed by atoms with Crippen LogP contribution in [0.25, 0.3) is 10.2 Å². The Morgan fingerprint density at radius 2 is 1.92 bits per heavy atom. The van der Waals surface area contributed by atoms with Gasteiger partial charge in [0.1, 0.15) is 11.5 Å². The summed E-state index contributed by atoms with van der Waals surface area (Å²) in [6, 6.07) is 5.61. The van der Waals surface area contributed by atoms with Crippen molar-refractivity contribution in [3.63, 3.8) is 0 Å². The topological polar surface area (TPSA) is 116 Å². The number of hydrogen-bond acceptors (Lipinski definition) is 9. The molecular weight excluding hydrogens is 626 g/mol. The van der Waals surface area contributed by atoms with Crippen LogP contribution in [0.15, 0.2) is 27.7 Å². The minimum atomic E-state index is -0.446. The van der Waals surface area contributed by atoms with Crippen LogP contribution in [0.2, 0.25) is 0 Å². The molecule has 1 aromatic carbocycles. The fourth-order valence-corrected chi connectivity index (χ4v) is 7.79. The minimum Gasteiger partial charge on any atom is -0.465 e. The molecule has 13 heteroatoms. The van der Waals surface area contributed by atoms with Crippen molar-refractivity contribution in [1.82, 2.24) is 4.57 Å². The standard InChI is InChI=1S/C26H28BrN3O6S3/c1-3-36-22(33)12-30-17-10-9-15(27)11-19(17)39-26(30)29-21(32)14-37-13-20(31)28-24-23(25(34)35-2)16-7-5-4-6-8-18(16)38-24/h9-11H,3-8,12-14H2,1-2H3,(H,28,31). The summed E-state index contributed by atoms with van der Waals surface area (Å²) in [4.78, 5) is 55.8. The lowest BCUT2D eigenvalue weighted by atomic mass is 10.1. The summed E-state index contributed by atoms with van der Waals surface area (Å²) in [7, 11) is 1.34. The van der Waals surface area contributed by atoms with E-state index in [1.165, 1.54) is 29.8 Å². The quantitative estimate of drug-likeness (QED) is 0.257. The van der Waals surface area contributed by atoms with E-state index in [1.807, 2.05) is 18.2 Å². The number of thiophene rings is 1. The van der Waals surface area contributed by atoms with Crippen LogP contribution < -0.4 is 10.1 Å². The van der Waals surface area contributed by atoms with Gasteiger partial charge in [0.25, 0.3) is 5.91 Å². The Bertz CT molecular complexity index is 1480. The second kappa shape index (κ2) is 13.7. The van der Waals surface area contributed by atoms with E-state index in [1.54, 1.807) is 11.5 Å². The maximum Gasteiger partial charge on any atom is 0.341 e. The Labute approximate surface area is 246 Å². The van der Waals surface area contributed by atoms with Crippen LogP contribution in [0.3, 0.4) is 0 Å². The van der Waals surface area contributed by atoms with Crippen LogP contribution in [0, 0.1) is 0 Å². The maximum absolute atomic E-state index is 12.7. The van der Waals surface area contributed by atoms with Crippen LogP contribution in [0.4, 0.5) is 5.00 Å². The number of thioether (sulfide) groups is 1. The van der Waals surface area contributed by atoms with Crippen molar-refractivity contribution in [2.45, 2.75) is 45.6 Å². The second-order valence-corrected chi connectivity index (χ2v) is 12.7. The summed E-state index contributed by atoms with van der Waals surface area (Å²) < 4.78 is 13.5. The average Bonchev–Trinajstić information content (AvgIpc) is 3.29. The first-order valence-electron chi connectivity index (χ1n) is 12.4. The molecule has 39 heavy (non-hydrogen) atoms. The van der Waals surface area contributed by atoms with Crippen molar-refractivity contribution in [3.8, 4) is 0 Å². The third-order valence-corrected chi connectivity index (χ3v) is 9.64. The van der Waals surface area contributed by atoms with Gasteiger partial charge in [0.05, 0.1) is 41.0 Å². The number of aromatic nitrogens is 1. The lowest BCUT2D eigenvalue weighted by Crippen LogP contribution is -2.23. The van der Waals surface area contributed by atoms with Gasteiger partial charge in [-0.25, -0.2) is 4.79 Å². The molecule has 0 radical (unpaired) electrons. The van der Waals surface area contributed by atoms with E-state index in [-0.39, 0.29) is 30.6 Å². The van der Waals surface area contributed by atoms with E-state index in [4.69, 9.17) is 9.47 Å². The van der Waals surface area contributed by atoms with Gasteiger partial charge in [-0.15, -0.1) is 23.1 Å². The van der Waals surface area contributed by atoms with E-state index >= 15 is 0 Å². The maximum atomic E-state index is 12.7. The molecule has 1 N–H and O–H groups in total. The number of esters is 2. The number of hydrogen-bond donors (Lipinski definition) is 1. The first-order chi connectivity index (χ1) is 18.8. The van der Waals surface area contributed by atoms with Gasteiger partial charge in [0, 0.05) is 9.35 Å². The van der Waals surface area contributed by atoms with Crippen molar-refractivity contribution in [2.24, 2.45) is 4.99 Å². The zero-order valence-corrected chi connectivity index (χ0v) is 25.6. The minimum absolute atomic E-state index is 0.0183. The predicted octanol–water partition coefficient (Wildman–Crippen LogP) is 4.94. The fraction of sp³-hybridized carbons (Fsp3) is 0.423. The van der Waals surface area contributed by atoms with E-state index in [0.29, 0.717) is 15.4 Å². The fourth-order valence-electron chi connectivity index (χ4n) is 4.30. The summed E-state index contributed by atoms with van der Waals surface area (Å²) in [6.07, 6.45) is 4.85. The first-order valence-corrected chi connectivity index (χ1v) is 16.0. The molecule has 0 saturated carbocycles. The number of nitrogens with zero attached hydrogens (tertiary/aromatic N) is 2. The Morgan fingerprint density at radius 3 is 2.69 bits per heavy atom. The van der Waals surface area contributed by atoms with E-state index < -0.39 is 17.8 Å². The average molecular weight is 655 g/mol. The number of nitrogens with one attached hydrogen (secondary N) is 1. The Hall–Kier alpha value is -2.48. The first kappa shape index (κ1) is 29.5. The summed E-state index contributed by atoms with van der Waals surface area (Å²) in [6.45, 7) is 1.93. The smallest absolute Gasteiger partial charge is 0.341 e. The van der Waals surface area contributed by atoms with Gasteiger partial charge in [0.15, 0.2) is 4.80 Å². The second-order valence-electron chi connectivity index (χ2n) is 8.69. The van der Waals surface area contributed by atoms with Crippen molar-refractivity contribution >= 4 is 89.3 Å². The van der Waals surface area contributed by atoms with Crippen molar-refractivity contribution in [3.05, 3.63) is 43.5 Å². The largest absolute Gasteiger partial charge is 0.465 e. The number of amides is 2. The van der Waals surface area contributed by atoms with Crippen molar-refractivity contribution in [1.29, 1.82) is 0 Å². The number of anilines is 1. The van der Waals surface area contributed by atoms with Gasteiger partial charge in [-0.05, 0) is 56.4 Å². The van der Waals surface area contributed by atoms with Crippen LogP contribution in [-0.2, 0) is 43.2 Å². The molecule has 2 amide bonds. The van der Waals surface area contributed by atoms with Gasteiger partial charge in [-0.2, -0.15) is 4.99 Å². The summed E-state index contributed by atoms with van der Waals surface area (Å²) >= 11 is 7.30. The zero-order chi connectivity index (χ0) is 27.9. The molecule has 0 unspecified atom stereocenters. The molecule has 2 aromatic heterocycles. The number of rotatable bonds is 9. The van der Waals surface area contributed by atoms with Crippen LogP contribution in [0.5, 0.6) is 0 Å². The molecule has 2 heterocycles. The monoisotopic (exact) mass is 653 g/mol. The van der Waals surface area contributed by atoms with Gasteiger partial charge in [-0.1, -0.05) is 33.7 Å².